The predicted molar refractivity (Wildman–Crippen MR) is 66.6 cm³/mol. The van der Waals surface area contributed by atoms with E-state index in [0.717, 1.165) is 18.8 Å². The van der Waals surface area contributed by atoms with Crippen molar-refractivity contribution < 1.29 is 0 Å². The van der Waals surface area contributed by atoms with Crippen molar-refractivity contribution in [3.63, 3.8) is 0 Å². The van der Waals surface area contributed by atoms with Crippen LogP contribution < -0.4 is 11.1 Å². The lowest BCUT2D eigenvalue weighted by Gasteiger charge is -2.22. The van der Waals surface area contributed by atoms with E-state index in [2.05, 4.69) is 38.2 Å². The van der Waals surface area contributed by atoms with E-state index in [1.54, 1.807) is 0 Å². The van der Waals surface area contributed by atoms with Crippen molar-refractivity contribution in [3.8, 4) is 0 Å². The fraction of sp³-hybridized carbons (Fsp3) is 0.538. The van der Waals surface area contributed by atoms with Crippen molar-refractivity contribution >= 4 is 5.69 Å². The third kappa shape index (κ3) is 4.34. The van der Waals surface area contributed by atoms with Gasteiger partial charge >= 0.3 is 0 Å². The van der Waals surface area contributed by atoms with Crippen LogP contribution in [0.5, 0.6) is 0 Å². The van der Waals surface area contributed by atoms with Crippen molar-refractivity contribution in [2.24, 2.45) is 5.41 Å². The first-order valence-corrected chi connectivity index (χ1v) is 5.58. The topological polar surface area (TPSA) is 38.0 Å². The van der Waals surface area contributed by atoms with Gasteiger partial charge in [0.2, 0.25) is 0 Å². The number of nitrogens with one attached hydrogen (secondary N) is 1. The molecule has 0 spiro atoms. The molecule has 0 heterocycles. The average molecular weight is 206 g/mol. The number of anilines is 1. The molecule has 0 aliphatic rings. The lowest BCUT2D eigenvalue weighted by Crippen LogP contribution is -2.28. The summed E-state index contributed by atoms with van der Waals surface area (Å²) in [5.41, 5.74) is 8.12. The van der Waals surface area contributed by atoms with Crippen molar-refractivity contribution in [3.05, 3.63) is 29.8 Å². The van der Waals surface area contributed by atoms with E-state index in [0.29, 0.717) is 5.41 Å². The van der Waals surface area contributed by atoms with Crippen LogP contribution >= 0.6 is 0 Å². The molecule has 0 unspecified atom stereocenters. The molecule has 0 saturated heterocycles. The van der Waals surface area contributed by atoms with Crippen LogP contribution in [0.3, 0.4) is 0 Å². The summed E-state index contributed by atoms with van der Waals surface area (Å²) in [7, 11) is 0. The largest absolute Gasteiger partial charge is 0.399 e. The smallest absolute Gasteiger partial charge is 0.0314 e. The Labute approximate surface area is 92.9 Å². The van der Waals surface area contributed by atoms with E-state index in [4.69, 9.17) is 5.73 Å². The molecule has 0 fully saturated rings. The predicted octanol–water partition coefficient (Wildman–Crippen LogP) is 2.79. The quantitative estimate of drug-likeness (QED) is 0.727. The van der Waals surface area contributed by atoms with E-state index < -0.39 is 0 Å². The highest BCUT2D eigenvalue weighted by Gasteiger charge is 2.13. The van der Waals surface area contributed by atoms with Gasteiger partial charge in [0.05, 0.1) is 0 Å². The molecule has 3 N–H and O–H groups in total. The summed E-state index contributed by atoms with van der Waals surface area (Å²) < 4.78 is 0. The van der Waals surface area contributed by atoms with Gasteiger partial charge in [-0.1, -0.05) is 32.9 Å². The molecule has 2 nitrogen and oxygen atoms in total. The zero-order chi connectivity index (χ0) is 11.3. The van der Waals surface area contributed by atoms with Gasteiger partial charge in [0, 0.05) is 18.8 Å². The molecule has 0 aromatic heterocycles. The molecule has 0 atom stereocenters. The van der Waals surface area contributed by atoms with E-state index in [1.807, 2.05) is 12.1 Å². The van der Waals surface area contributed by atoms with Gasteiger partial charge in [-0.15, -0.1) is 0 Å². The number of hydrogen-bond acceptors (Lipinski definition) is 2. The number of nitrogen functional groups attached to an aromatic ring is 1. The minimum atomic E-state index is 0.383. The zero-order valence-corrected chi connectivity index (χ0v) is 10.0. The average Bonchev–Trinajstić information content (AvgIpc) is 2.21. The monoisotopic (exact) mass is 206 g/mol. The van der Waals surface area contributed by atoms with Crippen molar-refractivity contribution in [2.75, 3.05) is 12.3 Å². The maximum atomic E-state index is 5.63. The maximum Gasteiger partial charge on any atom is 0.0314 e. The molecule has 0 aliphatic carbocycles. The Balaban J connectivity index is 2.35. The highest BCUT2D eigenvalue weighted by molar-refractivity contribution is 5.39. The summed E-state index contributed by atoms with van der Waals surface area (Å²) in [5.74, 6) is 0. The van der Waals surface area contributed by atoms with Crippen molar-refractivity contribution in [2.45, 2.75) is 33.7 Å². The summed E-state index contributed by atoms with van der Waals surface area (Å²) in [5, 5.41) is 3.47. The Bertz CT molecular complexity index is 288. The van der Waals surface area contributed by atoms with Gasteiger partial charge in [0.25, 0.3) is 0 Å². The van der Waals surface area contributed by atoms with E-state index >= 15 is 0 Å². The number of nitrogens with two attached hydrogens (primary N) is 1. The van der Waals surface area contributed by atoms with Gasteiger partial charge < -0.3 is 11.1 Å². The van der Waals surface area contributed by atoms with Gasteiger partial charge in [0.1, 0.15) is 0 Å². The summed E-state index contributed by atoms with van der Waals surface area (Å²) in [4.78, 5) is 0. The number of hydrogen-bond donors (Lipinski definition) is 2. The van der Waals surface area contributed by atoms with Crippen LogP contribution in [0, 0.1) is 5.41 Å². The maximum absolute atomic E-state index is 5.63. The summed E-state index contributed by atoms with van der Waals surface area (Å²) in [6.45, 7) is 8.76. The molecule has 0 amide bonds. The van der Waals surface area contributed by atoms with Crippen LogP contribution in [-0.2, 0) is 6.54 Å². The van der Waals surface area contributed by atoms with Gasteiger partial charge in [-0.2, -0.15) is 0 Å². The highest BCUT2D eigenvalue weighted by atomic mass is 14.9. The summed E-state index contributed by atoms with van der Waals surface area (Å²) >= 11 is 0. The van der Waals surface area contributed by atoms with E-state index in [9.17, 15) is 0 Å². The molecule has 1 aromatic rings. The van der Waals surface area contributed by atoms with Gasteiger partial charge in [-0.05, 0) is 29.5 Å². The standard InChI is InChI=1S/C13H22N2/c1-4-13(2,3)10-15-9-11-5-7-12(14)8-6-11/h5-8,15H,4,9-10,14H2,1-3H3. The molecule has 15 heavy (non-hydrogen) atoms. The Morgan fingerprint density at radius 1 is 1.20 bits per heavy atom. The third-order valence-corrected chi connectivity index (χ3v) is 2.87. The fourth-order valence-electron chi connectivity index (χ4n) is 1.31. The Kier molecular flexibility index (Phi) is 4.15. The van der Waals surface area contributed by atoms with Crippen LogP contribution in [0.25, 0.3) is 0 Å². The minimum absolute atomic E-state index is 0.383. The van der Waals surface area contributed by atoms with Crippen molar-refractivity contribution in [1.82, 2.24) is 5.32 Å². The molecule has 1 aromatic carbocycles. The first-order valence-electron chi connectivity index (χ1n) is 5.58. The molecule has 0 saturated carbocycles. The molecule has 0 bridgehead atoms. The van der Waals surface area contributed by atoms with Gasteiger partial charge in [-0.25, -0.2) is 0 Å². The molecule has 0 radical (unpaired) electrons. The molecular weight excluding hydrogens is 184 g/mol. The summed E-state index contributed by atoms with van der Waals surface area (Å²) in [6.07, 6.45) is 1.20. The second kappa shape index (κ2) is 5.17. The number of rotatable bonds is 5. The molecule has 0 aliphatic heterocycles. The van der Waals surface area contributed by atoms with Crippen LogP contribution in [-0.4, -0.2) is 6.54 Å². The van der Waals surface area contributed by atoms with E-state index in [-0.39, 0.29) is 0 Å². The van der Waals surface area contributed by atoms with Gasteiger partial charge in [0.15, 0.2) is 0 Å². The lowest BCUT2D eigenvalue weighted by molar-refractivity contribution is 0.327. The normalized spacial score (nSPS) is 11.7. The number of benzene rings is 1. The minimum Gasteiger partial charge on any atom is -0.399 e. The van der Waals surface area contributed by atoms with Crippen LogP contribution in [0.15, 0.2) is 24.3 Å². The highest BCUT2D eigenvalue weighted by Crippen LogP contribution is 2.17. The Morgan fingerprint density at radius 2 is 1.80 bits per heavy atom. The molecule has 1 rings (SSSR count). The summed E-state index contributed by atoms with van der Waals surface area (Å²) in [6, 6.07) is 8.03. The molecule has 84 valence electrons. The Morgan fingerprint density at radius 3 is 2.33 bits per heavy atom. The fourth-order valence-corrected chi connectivity index (χ4v) is 1.31. The van der Waals surface area contributed by atoms with Crippen LogP contribution in [0.1, 0.15) is 32.8 Å². The Hall–Kier alpha value is -1.02. The molecule has 2 heteroatoms. The zero-order valence-electron chi connectivity index (χ0n) is 10.0. The second-order valence-electron chi connectivity index (χ2n) is 4.86. The van der Waals surface area contributed by atoms with Crippen LogP contribution in [0.2, 0.25) is 0 Å². The van der Waals surface area contributed by atoms with E-state index in [1.165, 1.54) is 12.0 Å². The molecular formula is C13H22N2. The van der Waals surface area contributed by atoms with Crippen LogP contribution in [0.4, 0.5) is 5.69 Å². The SMILES string of the molecule is CCC(C)(C)CNCc1ccc(N)cc1. The first kappa shape index (κ1) is 12.1. The first-order chi connectivity index (χ1) is 7.03. The lowest BCUT2D eigenvalue weighted by atomic mass is 9.90. The second-order valence-corrected chi connectivity index (χ2v) is 4.86. The van der Waals surface area contributed by atoms with Gasteiger partial charge in [-0.3, -0.25) is 0 Å². The third-order valence-electron chi connectivity index (χ3n) is 2.87. The van der Waals surface area contributed by atoms with Crippen molar-refractivity contribution in [1.29, 1.82) is 0 Å².